The Hall–Kier alpha value is -0.930. The smallest absolute Gasteiger partial charge is 0.144 e. The number of aromatic hydroxyl groups is 1. The molecule has 1 fully saturated rings. The lowest BCUT2D eigenvalue weighted by atomic mass is 10.0. The number of methoxy groups -OCH3 is 1. The van der Waals surface area contributed by atoms with E-state index in [1.807, 2.05) is 0 Å². The Morgan fingerprint density at radius 3 is 2.53 bits per heavy atom. The van der Waals surface area contributed by atoms with Crippen LogP contribution in [-0.4, -0.2) is 17.3 Å². The van der Waals surface area contributed by atoms with Gasteiger partial charge in [-0.15, -0.1) is 0 Å². The zero-order chi connectivity index (χ0) is 11.2. The Morgan fingerprint density at radius 1 is 1.47 bits per heavy atom. The lowest BCUT2D eigenvalue weighted by Crippen LogP contribution is -2.06. The molecule has 0 atom stereocenters. The van der Waals surface area contributed by atoms with Crippen LogP contribution in [0.4, 0.5) is 0 Å². The zero-order valence-corrected chi connectivity index (χ0v) is 9.43. The molecule has 1 aromatic carbocycles. The predicted molar refractivity (Wildman–Crippen MR) is 57.5 cm³/mol. The summed E-state index contributed by atoms with van der Waals surface area (Å²) in [5.74, 6) is 0.540. The summed E-state index contributed by atoms with van der Waals surface area (Å²) in [7, 11) is 1.50. The van der Waals surface area contributed by atoms with Crippen molar-refractivity contribution in [2.45, 2.75) is 25.4 Å². The molecule has 2 rings (SSSR count). The highest BCUT2D eigenvalue weighted by Crippen LogP contribution is 2.51. The average Bonchev–Trinajstić information content (AvgIpc) is 2.92. The first-order valence-electron chi connectivity index (χ1n) is 4.78. The molecular formula is C11H13ClO3. The van der Waals surface area contributed by atoms with Crippen LogP contribution in [0.5, 0.6) is 11.5 Å². The molecule has 0 aliphatic heterocycles. The van der Waals surface area contributed by atoms with Crippen LogP contribution in [0.2, 0.25) is 5.02 Å². The van der Waals surface area contributed by atoms with Crippen molar-refractivity contribution in [2.75, 3.05) is 7.11 Å². The van der Waals surface area contributed by atoms with E-state index in [2.05, 4.69) is 0 Å². The second-order valence-electron chi connectivity index (χ2n) is 3.94. The van der Waals surface area contributed by atoms with Gasteiger partial charge in [-0.1, -0.05) is 11.6 Å². The van der Waals surface area contributed by atoms with Gasteiger partial charge in [0, 0.05) is 11.1 Å². The number of phenolic OH excluding ortho intramolecular Hbond substituents is 1. The minimum absolute atomic E-state index is 0.0799. The number of hydrogen-bond donors (Lipinski definition) is 2. The van der Waals surface area contributed by atoms with Crippen LogP contribution in [-0.2, 0) is 5.60 Å². The van der Waals surface area contributed by atoms with E-state index in [0.717, 1.165) is 0 Å². The molecule has 82 valence electrons. The Morgan fingerprint density at radius 2 is 2.07 bits per heavy atom. The molecule has 0 spiro atoms. The monoisotopic (exact) mass is 228 g/mol. The molecule has 0 bridgehead atoms. The first kappa shape index (κ1) is 10.6. The van der Waals surface area contributed by atoms with Gasteiger partial charge in [-0.25, -0.2) is 0 Å². The van der Waals surface area contributed by atoms with E-state index in [4.69, 9.17) is 16.3 Å². The molecule has 1 aromatic rings. The third-order valence-electron chi connectivity index (χ3n) is 2.87. The highest BCUT2D eigenvalue weighted by Gasteiger charge is 2.45. The maximum absolute atomic E-state index is 9.93. The van der Waals surface area contributed by atoms with Crippen LogP contribution in [0, 0.1) is 6.92 Å². The van der Waals surface area contributed by atoms with Crippen LogP contribution in [0.25, 0.3) is 0 Å². The molecule has 0 aromatic heterocycles. The van der Waals surface area contributed by atoms with Gasteiger partial charge in [-0.05, 0) is 25.8 Å². The number of phenols is 1. The molecule has 15 heavy (non-hydrogen) atoms. The fraction of sp³-hybridized carbons (Fsp3) is 0.455. The summed E-state index contributed by atoms with van der Waals surface area (Å²) in [4.78, 5) is 0. The SMILES string of the molecule is COc1c(Cl)cc(C2(O)CC2)c(O)c1C. The summed E-state index contributed by atoms with van der Waals surface area (Å²) in [6.45, 7) is 1.72. The predicted octanol–water partition coefficient (Wildman–Crippen LogP) is 2.34. The van der Waals surface area contributed by atoms with Gasteiger partial charge in [0.1, 0.15) is 11.5 Å². The first-order valence-corrected chi connectivity index (χ1v) is 5.16. The number of rotatable bonds is 2. The van der Waals surface area contributed by atoms with Crippen molar-refractivity contribution in [3.8, 4) is 11.5 Å². The van der Waals surface area contributed by atoms with Crippen molar-refractivity contribution in [1.29, 1.82) is 0 Å². The van der Waals surface area contributed by atoms with Crippen molar-refractivity contribution in [3.05, 3.63) is 22.2 Å². The normalized spacial score (nSPS) is 17.6. The van der Waals surface area contributed by atoms with Gasteiger partial charge in [0.15, 0.2) is 0 Å². The van der Waals surface area contributed by atoms with Gasteiger partial charge >= 0.3 is 0 Å². The van der Waals surface area contributed by atoms with E-state index >= 15 is 0 Å². The van der Waals surface area contributed by atoms with Crippen molar-refractivity contribution >= 4 is 11.6 Å². The minimum atomic E-state index is -0.884. The maximum atomic E-state index is 9.93. The van der Waals surface area contributed by atoms with Crippen molar-refractivity contribution < 1.29 is 14.9 Å². The summed E-state index contributed by atoms with van der Waals surface area (Å²) in [6.07, 6.45) is 1.34. The van der Waals surface area contributed by atoms with E-state index in [1.54, 1.807) is 13.0 Å². The molecule has 1 aliphatic carbocycles. The van der Waals surface area contributed by atoms with Gasteiger partial charge in [-0.3, -0.25) is 0 Å². The van der Waals surface area contributed by atoms with E-state index in [0.29, 0.717) is 34.7 Å². The van der Waals surface area contributed by atoms with Crippen molar-refractivity contribution in [1.82, 2.24) is 0 Å². The Kier molecular flexibility index (Phi) is 2.32. The van der Waals surface area contributed by atoms with Crippen molar-refractivity contribution in [3.63, 3.8) is 0 Å². The molecule has 2 N–H and O–H groups in total. The third kappa shape index (κ3) is 1.56. The molecular weight excluding hydrogens is 216 g/mol. The molecule has 3 nitrogen and oxygen atoms in total. The molecule has 0 unspecified atom stereocenters. The summed E-state index contributed by atoms with van der Waals surface area (Å²) >= 11 is 5.99. The maximum Gasteiger partial charge on any atom is 0.144 e. The third-order valence-corrected chi connectivity index (χ3v) is 3.15. The van der Waals surface area contributed by atoms with Gasteiger partial charge in [0.05, 0.1) is 17.7 Å². The highest BCUT2D eigenvalue weighted by molar-refractivity contribution is 6.32. The number of ether oxygens (including phenoxy) is 1. The Labute approximate surface area is 93.3 Å². The van der Waals surface area contributed by atoms with Crippen LogP contribution in [0.15, 0.2) is 6.07 Å². The second kappa shape index (κ2) is 3.29. The summed E-state index contributed by atoms with van der Waals surface area (Å²) in [5, 5.41) is 20.3. The van der Waals surface area contributed by atoms with Crippen LogP contribution in [0.1, 0.15) is 24.0 Å². The summed E-state index contributed by atoms with van der Waals surface area (Å²) in [6, 6.07) is 1.58. The molecule has 0 radical (unpaired) electrons. The zero-order valence-electron chi connectivity index (χ0n) is 8.67. The van der Waals surface area contributed by atoms with Gasteiger partial charge in [0.2, 0.25) is 0 Å². The van der Waals surface area contributed by atoms with Crippen molar-refractivity contribution in [2.24, 2.45) is 0 Å². The van der Waals surface area contributed by atoms with E-state index in [1.165, 1.54) is 7.11 Å². The van der Waals surface area contributed by atoms with E-state index in [9.17, 15) is 10.2 Å². The van der Waals surface area contributed by atoms with Gasteiger partial charge < -0.3 is 14.9 Å². The summed E-state index contributed by atoms with van der Waals surface area (Å²) in [5.41, 5.74) is 0.191. The highest BCUT2D eigenvalue weighted by atomic mass is 35.5. The molecule has 1 saturated carbocycles. The van der Waals surface area contributed by atoms with Crippen LogP contribution in [0.3, 0.4) is 0 Å². The lowest BCUT2D eigenvalue weighted by molar-refractivity contribution is 0.147. The fourth-order valence-corrected chi connectivity index (χ4v) is 2.07. The number of hydrogen-bond acceptors (Lipinski definition) is 3. The minimum Gasteiger partial charge on any atom is -0.507 e. The lowest BCUT2D eigenvalue weighted by Gasteiger charge is -2.16. The number of benzene rings is 1. The van der Waals surface area contributed by atoms with Crippen LogP contribution < -0.4 is 4.74 Å². The second-order valence-corrected chi connectivity index (χ2v) is 4.35. The van der Waals surface area contributed by atoms with Gasteiger partial charge in [-0.2, -0.15) is 0 Å². The average molecular weight is 229 g/mol. The van der Waals surface area contributed by atoms with E-state index in [-0.39, 0.29) is 5.75 Å². The summed E-state index contributed by atoms with van der Waals surface area (Å²) < 4.78 is 5.07. The molecule has 1 aliphatic rings. The molecule has 0 saturated heterocycles. The molecule has 0 amide bonds. The van der Waals surface area contributed by atoms with E-state index < -0.39 is 5.60 Å². The topological polar surface area (TPSA) is 49.7 Å². The largest absolute Gasteiger partial charge is 0.507 e. The first-order chi connectivity index (χ1) is 6.99. The Bertz CT molecular complexity index is 411. The van der Waals surface area contributed by atoms with Crippen LogP contribution >= 0.6 is 11.6 Å². The number of halogens is 1. The fourth-order valence-electron chi connectivity index (χ4n) is 1.74. The Balaban J connectivity index is 2.59. The number of aliphatic hydroxyl groups is 1. The molecule has 0 heterocycles. The quantitative estimate of drug-likeness (QED) is 0.817. The molecule has 4 heteroatoms. The van der Waals surface area contributed by atoms with Gasteiger partial charge in [0.25, 0.3) is 0 Å². The standard InChI is InChI=1S/C11H13ClO3/c1-6-9(13)7(11(14)3-4-11)5-8(12)10(6)15-2/h5,13-14H,3-4H2,1-2H3.